The highest BCUT2D eigenvalue weighted by Gasteiger charge is 2.50. The molecule has 0 aromatic heterocycles. The second-order valence-electron chi connectivity index (χ2n) is 5.54. The fourth-order valence-electron chi connectivity index (χ4n) is 2.24. The molecule has 0 radical (unpaired) electrons. The number of hydrogen-bond acceptors (Lipinski definition) is 10. The van der Waals surface area contributed by atoms with Crippen molar-refractivity contribution in [2.24, 2.45) is 5.73 Å². The summed E-state index contributed by atoms with van der Waals surface area (Å²) in [5.74, 6) is -2.57. The van der Waals surface area contributed by atoms with Gasteiger partial charge in [-0.05, 0) is 11.1 Å². The molecule has 0 aliphatic heterocycles. The van der Waals surface area contributed by atoms with Gasteiger partial charge in [0.25, 0.3) is 0 Å². The maximum absolute atomic E-state index is 12.0. The molecular formula is C16H24N2O8. The fraction of sp³-hybridized carbons (Fsp3) is 0.500. The Labute approximate surface area is 150 Å². The van der Waals surface area contributed by atoms with Gasteiger partial charge in [-0.2, -0.15) is 0 Å². The van der Waals surface area contributed by atoms with Gasteiger partial charge in [0.05, 0.1) is 14.2 Å². The van der Waals surface area contributed by atoms with Crippen molar-refractivity contribution in [3.05, 3.63) is 35.4 Å². The molecule has 0 fully saturated rings. The zero-order valence-electron chi connectivity index (χ0n) is 14.5. The lowest BCUT2D eigenvalue weighted by Crippen LogP contribution is -2.66. The molecule has 146 valence electrons. The molecule has 0 bridgehead atoms. The summed E-state index contributed by atoms with van der Waals surface area (Å²) in [6.07, 6.45) is -6.72. The molecule has 0 aliphatic carbocycles. The van der Waals surface area contributed by atoms with E-state index in [-0.39, 0.29) is 13.1 Å². The van der Waals surface area contributed by atoms with Gasteiger partial charge in [0, 0.05) is 13.1 Å². The number of aliphatic hydroxyl groups is 4. The molecule has 26 heavy (non-hydrogen) atoms. The smallest absolute Gasteiger partial charge is 0.356 e. The highest BCUT2D eigenvalue weighted by Crippen LogP contribution is 2.18. The number of carbonyl (C=O) groups is 2. The van der Waals surface area contributed by atoms with Crippen molar-refractivity contribution in [2.75, 3.05) is 14.2 Å². The number of ether oxygens (including phenoxy) is 2. The van der Waals surface area contributed by atoms with E-state index in [0.29, 0.717) is 5.56 Å². The molecule has 4 atom stereocenters. The SMILES string of the molecule is COC(=O)[C@@H](O)[C@H](O)[C@H](O)[C@](O)(NCc1cccc(CN)c1)C(=O)OC. The molecule has 0 unspecified atom stereocenters. The zero-order valence-corrected chi connectivity index (χ0v) is 14.5. The van der Waals surface area contributed by atoms with E-state index < -0.39 is 36.0 Å². The van der Waals surface area contributed by atoms with E-state index in [4.69, 9.17) is 5.73 Å². The van der Waals surface area contributed by atoms with E-state index in [1.54, 1.807) is 24.3 Å². The van der Waals surface area contributed by atoms with Crippen molar-refractivity contribution in [1.82, 2.24) is 5.32 Å². The summed E-state index contributed by atoms with van der Waals surface area (Å²) in [5, 5.41) is 42.6. The minimum atomic E-state index is -2.80. The molecule has 10 heteroatoms. The first kappa shape index (κ1) is 22.0. The molecule has 1 aromatic rings. The third-order valence-corrected chi connectivity index (χ3v) is 3.80. The number of rotatable bonds is 9. The van der Waals surface area contributed by atoms with E-state index in [1.807, 2.05) is 0 Å². The van der Waals surface area contributed by atoms with Gasteiger partial charge >= 0.3 is 11.9 Å². The van der Waals surface area contributed by atoms with Crippen LogP contribution >= 0.6 is 0 Å². The van der Waals surface area contributed by atoms with Gasteiger partial charge in [-0.3, -0.25) is 5.32 Å². The first-order chi connectivity index (χ1) is 12.2. The average Bonchev–Trinajstić information content (AvgIpc) is 2.68. The molecule has 0 aliphatic rings. The molecular weight excluding hydrogens is 348 g/mol. The summed E-state index contributed by atoms with van der Waals surface area (Å²) in [7, 11) is 1.92. The lowest BCUT2D eigenvalue weighted by Gasteiger charge is -2.34. The van der Waals surface area contributed by atoms with E-state index in [9.17, 15) is 30.0 Å². The van der Waals surface area contributed by atoms with Crippen molar-refractivity contribution in [1.29, 1.82) is 0 Å². The van der Waals surface area contributed by atoms with Crippen molar-refractivity contribution in [3.8, 4) is 0 Å². The molecule has 0 amide bonds. The van der Waals surface area contributed by atoms with Crippen molar-refractivity contribution in [3.63, 3.8) is 0 Å². The third kappa shape index (κ3) is 4.97. The molecule has 0 saturated heterocycles. The lowest BCUT2D eigenvalue weighted by atomic mass is 9.96. The number of hydrogen-bond donors (Lipinski definition) is 6. The van der Waals surface area contributed by atoms with Crippen LogP contribution in [0.15, 0.2) is 24.3 Å². The molecule has 0 spiro atoms. The largest absolute Gasteiger partial charge is 0.467 e. The van der Waals surface area contributed by atoms with E-state index in [1.165, 1.54) is 0 Å². The number of nitrogens with two attached hydrogens (primary N) is 1. The predicted octanol–water partition coefficient (Wildman–Crippen LogP) is -2.65. The van der Waals surface area contributed by atoms with Crippen molar-refractivity contribution in [2.45, 2.75) is 37.1 Å². The lowest BCUT2D eigenvalue weighted by molar-refractivity contribution is -0.204. The van der Waals surface area contributed by atoms with Gasteiger partial charge in [-0.1, -0.05) is 24.3 Å². The van der Waals surface area contributed by atoms with Gasteiger partial charge < -0.3 is 35.6 Å². The highest BCUT2D eigenvalue weighted by atomic mass is 16.6. The summed E-state index contributed by atoms with van der Waals surface area (Å²) >= 11 is 0. The second-order valence-corrected chi connectivity index (χ2v) is 5.54. The fourth-order valence-corrected chi connectivity index (χ4v) is 2.24. The maximum Gasteiger partial charge on any atom is 0.356 e. The summed E-state index contributed by atoms with van der Waals surface area (Å²) < 4.78 is 8.69. The Morgan fingerprint density at radius 3 is 2.35 bits per heavy atom. The quantitative estimate of drug-likeness (QED) is 0.199. The molecule has 1 rings (SSSR count). The average molecular weight is 372 g/mol. The van der Waals surface area contributed by atoms with Crippen LogP contribution in [0.4, 0.5) is 0 Å². The summed E-state index contributed by atoms with van der Waals surface area (Å²) in [6, 6.07) is 6.87. The van der Waals surface area contributed by atoms with Gasteiger partial charge in [0.1, 0.15) is 12.2 Å². The van der Waals surface area contributed by atoms with Crippen LogP contribution < -0.4 is 11.1 Å². The Morgan fingerprint density at radius 1 is 1.19 bits per heavy atom. The third-order valence-electron chi connectivity index (χ3n) is 3.80. The maximum atomic E-state index is 12.0. The topological polar surface area (TPSA) is 172 Å². The van der Waals surface area contributed by atoms with E-state index in [0.717, 1.165) is 19.8 Å². The normalized spacial score (nSPS) is 16.9. The molecule has 1 aromatic carbocycles. The van der Waals surface area contributed by atoms with Crippen molar-refractivity contribution >= 4 is 11.9 Å². The number of aliphatic hydroxyl groups excluding tert-OH is 3. The Balaban J connectivity index is 3.01. The van der Waals surface area contributed by atoms with Crippen LogP contribution in [-0.4, -0.2) is 70.6 Å². The van der Waals surface area contributed by atoms with Gasteiger partial charge in [-0.25, -0.2) is 9.59 Å². The summed E-state index contributed by atoms with van der Waals surface area (Å²) in [5.41, 5.74) is 4.16. The first-order valence-corrected chi connectivity index (χ1v) is 7.67. The van der Waals surface area contributed by atoms with Gasteiger partial charge in [0.15, 0.2) is 6.10 Å². The minimum Gasteiger partial charge on any atom is -0.467 e. The number of nitrogens with one attached hydrogen (secondary N) is 1. The molecule has 10 nitrogen and oxygen atoms in total. The molecule has 0 heterocycles. The molecule has 7 N–H and O–H groups in total. The van der Waals surface area contributed by atoms with Crippen molar-refractivity contribution < 1.29 is 39.5 Å². The number of benzene rings is 1. The van der Waals surface area contributed by atoms with Crippen LogP contribution in [0.5, 0.6) is 0 Å². The Kier molecular flexibility index (Phi) is 8.08. The minimum absolute atomic E-state index is 0.114. The Bertz CT molecular complexity index is 626. The van der Waals surface area contributed by atoms with Crippen LogP contribution in [-0.2, 0) is 32.2 Å². The van der Waals surface area contributed by atoms with Crippen LogP contribution in [0.1, 0.15) is 11.1 Å². The van der Waals surface area contributed by atoms with Gasteiger partial charge in [-0.15, -0.1) is 0 Å². The summed E-state index contributed by atoms with van der Waals surface area (Å²) in [4.78, 5) is 23.3. The van der Waals surface area contributed by atoms with Crippen LogP contribution in [0.2, 0.25) is 0 Å². The van der Waals surface area contributed by atoms with E-state index in [2.05, 4.69) is 14.8 Å². The highest BCUT2D eigenvalue weighted by molar-refractivity contribution is 5.80. The number of carbonyl (C=O) groups excluding carboxylic acids is 2. The van der Waals surface area contributed by atoms with Crippen LogP contribution in [0.3, 0.4) is 0 Å². The first-order valence-electron chi connectivity index (χ1n) is 7.67. The van der Waals surface area contributed by atoms with Crippen LogP contribution in [0, 0.1) is 0 Å². The zero-order chi connectivity index (χ0) is 19.9. The van der Waals surface area contributed by atoms with E-state index >= 15 is 0 Å². The van der Waals surface area contributed by atoms with Gasteiger partial charge in [0.2, 0.25) is 5.72 Å². The number of methoxy groups -OCH3 is 2. The second kappa shape index (κ2) is 9.57. The monoisotopic (exact) mass is 372 g/mol. The standard InChI is InChI=1S/C16H24N2O8/c1-25-14(22)12(20)11(19)13(21)16(24,15(23)26-2)18-8-10-5-3-4-9(6-10)7-17/h3-6,11-13,18-21,24H,7-8,17H2,1-2H3/t11-,12-,13-,16+/m0/s1. The van der Waals surface area contributed by atoms with Crippen LogP contribution in [0.25, 0.3) is 0 Å². The Morgan fingerprint density at radius 2 is 1.81 bits per heavy atom. The summed E-state index contributed by atoms with van der Waals surface area (Å²) in [6.45, 7) is 0.166. The molecule has 0 saturated carbocycles. The number of esters is 2. The Hall–Kier alpha value is -2.08. The predicted molar refractivity (Wildman–Crippen MR) is 88.2 cm³/mol.